The molecule has 1 aliphatic carbocycles. The fourth-order valence-electron chi connectivity index (χ4n) is 0.375. The molecule has 1 fully saturated rings. The first-order chi connectivity index (χ1) is 3.58. The van der Waals surface area contributed by atoms with Gasteiger partial charge in [0.05, 0.1) is 6.10 Å². The van der Waals surface area contributed by atoms with E-state index in [0.29, 0.717) is 0 Å². The van der Waals surface area contributed by atoms with E-state index in [9.17, 15) is 0 Å². The number of hydrogen-bond acceptors (Lipinski definition) is 1. The summed E-state index contributed by atoms with van der Waals surface area (Å²) in [6.07, 6.45) is 2.24. The van der Waals surface area contributed by atoms with Gasteiger partial charge in [-0.1, -0.05) is 34.8 Å². The topological polar surface area (TPSA) is 9.23 Å². The van der Waals surface area contributed by atoms with Gasteiger partial charge in [-0.2, -0.15) is 0 Å². The Balaban J connectivity index is 2.16. The van der Waals surface area contributed by atoms with Crippen molar-refractivity contribution in [2.24, 2.45) is 0 Å². The Labute approximate surface area is 62.9 Å². The van der Waals surface area contributed by atoms with Gasteiger partial charge < -0.3 is 4.74 Å². The molecule has 1 rings (SSSR count). The van der Waals surface area contributed by atoms with Crippen molar-refractivity contribution in [2.75, 3.05) is 0 Å². The van der Waals surface area contributed by atoms with Gasteiger partial charge in [0.2, 0.25) is 0 Å². The zero-order chi connectivity index (χ0) is 6.20. The van der Waals surface area contributed by atoms with Gasteiger partial charge in [0.1, 0.15) is 0 Å². The van der Waals surface area contributed by atoms with Crippen LogP contribution in [-0.2, 0) is 4.74 Å². The second-order valence-corrected chi connectivity index (χ2v) is 3.94. The summed E-state index contributed by atoms with van der Waals surface area (Å²) >= 11 is 15.8. The molecule has 0 heterocycles. The van der Waals surface area contributed by atoms with Crippen molar-refractivity contribution in [2.45, 2.75) is 22.9 Å². The minimum absolute atomic E-state index is 0.197. The standard InChI is InChI=1S/C4H5Cl3O/c5-4(6,7)8-3-1-2-3/h3H,1-2H2. The van der Waals surface area contributed by atoms with E-state index in [1.807, 2.05) is 0 Å². The van der Waals surface area contributed by atoms with Crippen LogP contribution in [0, 0.1) is 0 Å². The Bertz CT molecular complexity index is 83.8. The fourth-order valence-corrected chi connectivity index (χ4v) is 0.753. The quantitative estimate of drug-likeness (QED) is 0.557. The van der Waals surface area contributed by atoms with Crippen molar-refractivity contribution < 1.29 is 4.74 Å². The fraction of sp³-hybridized carbons (Fsp3) is 1.00. The zero-order valence-electron chi connectivity index (χ0n) is 4.03. The van der Waals surface area contributed by atoms with Crippen molar-refractivity contribution >= 4 is 34.8 Å². The molecule has 0 amide bonds. The molecular weight excluding hydrogens is 170 g/mol. The molecule has 1 saturated carbocycles. The molecule has 8 heavy (non-hydrogen) atoms. The van der Waals surface area contributed by atoms with Gasteiger partial charge >= 0.3 is 0 Å². The van der Waals surface area contributed by atoms with E-state index in [4.69, 9.17) is 39.5 Å². The largest absolute Gasteiger partial charge is 0.331 e. The van der Waals surface area contributed by atoms with Crippen LogP contribution in [0.15, 0.2) is 0 Å². The minimum atomic E-state index is -1.50. The van der Waals surface area contributed by atoms with Crippen molar-refractivity contribution in [3.05, 3.63) is 0 Å². The number of ether oxygens (including phenoxy) is 1. The molecule has 0 bridgehead atoms. The predicted molar refractivity (Wildman–Crippen MR) is 34.4 cm³/mol. The smallest absolute Gasteiger partial charge is 0.297 e. The van der Waals surface area contributed by atoms with Crippen LogP contribution in [0.2, 0.25) is 0 Å². The lowest BCUT2D eigenvalue weighted by Crippen LogP contribution is -2.09. The lowest BCUT2D eigenvalue weighted by atomic mass is 10.8. The van der Waals surface area contributed by atoms with Crippen LogP contribution in [0.3, 0.4) is 0 Å². The predicted octanol–water partition coefficient (Wildman–Crippen LogP) is 2.49. The highest BCUT2D eigenvalue weighted by atomic mass is 35.6. The molecular formula is C4H5Cl3O. The number of rotatable bonds is 1. The summed E-state index contributed by atoms with van der Waals surface area (Å²) in [7, 11) is 0. The van der Waals surface area contributed by atoms with Gasteiger partial charge in [0, 0.05) is 0 Å². The second-order valence-electron chi connectivity index (χ2n) is 1.76. The molecule has 1 nitrogen and oxygen atoms in total. The Hall–Kier alpha value is 0.830. The summed E-state index contributed by atoms with van der Waals surface area (Å²) in [5.41, 5.74) is 0. The van der Waals surface area contributed by atoms with Crippen LogP contribution in [0.5, 0.6) is 0 Å². The third-order valence-electron chi connectivity index (χ3n) is 0.825. The third-order valence-corrected chi connectivity index (χ3v) is 1.09. The molecule has 0 N–H and O–H groups in total. The van der Waals surface area contributed by atoms with Crippen molar-refractivity contribution in [1.82, 2.24) is 0 Å². The lowest BCUT2D eigenvalue weighted by molar-refractivity contribution is 0.115. The van der Waals surface area contributed by atoms with Crippen LogP contribution < -0.4 is 0 Å². The molecule has 0 aromatic heterocycles. The van der Waals surface area contributed by atoms with Crippen molar-refractivity contribution in [3.63, 3.8) is 0 Å². The normalized spacial score (nSPS) is 21.4. The van der Waals surface area contributed by atoms with Crippen LogP contribution in [0.25, 0.3) is 0 Å². The first-order valence-electron chi connectivity index (χ1n) is 2.32. The highest BCUT2D eigenvalue weighted by Crippen LogP contribution is 2.36. The minimum Gasteiger partial charge on any atom is -0.331 e. The summed E-state index contributed by atoms with van der Waals surface area (Å²) in [4.78, 5) is 0. The summed E-state index contributed by atoms with van der Waals surface area (Å²) in [5.74, 6) is 0. The van der Waals surface area contributed by atoms with E-state index in [2.05, 4.69) is 0 Å². The number of halogens is 3. The van der Waals surface area contributed by atoms with E-state index < -0.39 is 3.98 Å². The van der Waals surface area contributed by atoms with Gasteiger partial charge in [-0.15, -0.1) is 0 Å². The number of alkyl halides is 3. The molecule has 48 valence electrons. The Kier molecular flexibility index (Phi) is 1.93. The highest BCUT2D eigenvalue weighted by Gasteiger charge is 2.32. The molecule has 4 heteroatoms. The van der Waals surface area contributed by atoms with Crippen LogP contribution in [0.1, 0.15) is 12.8 Å². The average Bonchev–Trinajstić information content (AvgIpc) is 2.12. The molecule has 0 atom stereocenters. The van der Waals surface area contributed by atoms with Gasteiger partial charge in [-0.05, 0) is 12.8 Å². The van der Waals surface area contributed by atoms with Gasteiger partial charge in [-0.25, -0.2) is 0 Å². The van der Waals surface area contributed by atoms with Crippen LogP contribution in [0.4, 0.5) is 0 Å². The molecule has 0 aromatic rings. The summed E-state index contributed by atoms with van der Waals surface area (Å²) in [6, 6.07) is 0. The Morgan fingerprint density at radius 3 is 1.88 bits per heavy atom. The van der Waals surface area contributed by atoms with Crippen LogP contribution >= 0.6 is 34.8 Å². The Morgan fingerprint density at radius 1 is 1.25 bits per heavy atom. The molecule has 1 aliphatic rings. The van der Waals surface area contributed by atoms with E-state index in [0.717, 1.165) is 12.8 Å². The van der Waals surface area contributed by atoms with E-state index in [1.165, 1.54) is 0 Å². The monoisotopic (exact) mass is 174 g/mol. The molecule has 0 radical (unpaired) electrons. The van der Waals surface area contributed by atoms with E-state index in [-0.39, 0.29) is 6.10 Å². The lowest BCUT2D eigenvalue weighted by Gasteiger charge is -2.09. The van der Waals surface area contributed by atoms with Gasteiger partial charge in [-0.3, -0.25) is 0 Å². The SMILES string of the molecule is ClC(Cl)(Cl)OC1CC1. The van der Waals surface area contributed by atoms with E-state index >= 15 is 0 Å². The van der Waals surface area contributed by atoms with Gasteiger partial charge in [0.15, 0.2) is 0 Å². The number of hydrogen-bond donors (Lipinski definition) is 0. The zero-order valence-corrected chi connectivity index (χ0v) is 6.30. The first kappa shape index (κ1) is 6.94. The summed E-state index contributed by atoms with van der Waals surface area (Å²) < 4.78 is 3.35. The highest BCUT2D eigenvalue weighted by molar-refractivity contribution is 6.66. The van der Waals surface area contributed by atoms with E-state index in [1.54, 1.807) is 0 Å². The summed E-state index contributed by atoms with van der Waals surface area (Å²) in [5, 5.41) is 0. The maximum Gasteiger partial charge on any atom is 0.297 e. The summed E-state index contributed by atoms with van der Waals surface area (Å²) in [6.45, 7) is 0. The first-order valence-corrected chi connectivity index (χ1v) is 3.46. The van der Waals surface area contributed by atoms with Crippen molar-refractivity contribution in [1.29, 1.82) is 0 Å². The molecule has 0 saturated heterocycles. The van der Waals surface area contributed by atoms with Crippen LogP contribution in [-0.4, -0.2) is 10.1 Å². The Morgan fingerprint density at radius 2 is 1.75 bits per heavy atom. The molecule has 0 aliphatic heterocycles. The van der Waals surface area contributed by atoms with Gasteiger partial charge in [0.25, 0.3) is 3.98 Å². The molecule has 0 aromatic carbocycles. The third kappa shape index (κ3) is 2.98. The second kappa shape index (κ2) is 2.22. The molecule has 0 spiro atoms. The maximum atomic E-state index is 5.28. The maximum absolute atomic E-state index is 5.28. The molecule has 0 unspecified atom stereocenters. The van der Waals surface area contributed by atoms with Crippen molar-refractivity contribution in [3.8, 4) is 0 Å². The average molecular weight is 175 g/mol.